The first-order chi connectivity index (χ1) is 10.2. The van der Waals surface area contributed by atoms with E-state index in [0.717, 1.165) is 36.4 Å². The van der Waals surface area contributed by atoms with Crippen LogP contribution < -0.4 is 10.6 Å². The van der Waals surface area contributed by atoms with Crippen LogP contribution in [0.25, 0.3) is 0 Å². The van der Waals surface area contributed by atoms with Crippen molar-refractivity contribution in [2.24, 2.45) is 0 Å². The van der Waals surface area contributed by atoms with Gasteiger partial charge in [0.15, 0.2) is 0 Å². The first kappa shape index (κ1) is 15.8. The van der Waals surface area contributed by atoms with E-state index in [1.165, 1.54) is 32.4 Å². The molecule has 0 spiro atoms. The van der Waals surface area contributed by atoms with E-state index in [-0.39, 0.29) is 5.91 Å². The fourth-order valence-electron chi connectivity index (χ4n) is 2.80. The van der Waals surface area contributed by atoms with Gasteiger partial charge >= 0.3 is 0 Å². The van der Waals surface area contributed by atoms with Gasteiger partial charge in [0, 0.05) is 25.3 Å². The molecule has 4 nitrogen and oxygen atoms in total. The zero-order valence-corrected chi connectivity index (χ0v) is 13.2. The van der Waals surface area contributed by atoms with Crippen LogP contribution >= 0.6 is 0 Å². The van der Waals surface area contributed by atoms with Crippen molar-refractivity contribution in [2.45, 2.75) is 33.1 Å². The molecule has 0 bridgehead atoms. The number of hydrogen-bond donors (Lipinski definition) is 2. The maximum absolute atomic E-state index is 12.4. The van der Waals surface area contributed by atoms with Crippen molar-refractivity contribution in [2.75, 3.05) is 38.0 Å². The number of rotatable bonds is 6. The highest BCUT2D eigenvalue weighted by Crippen LogP contribution is 2.17. The van der Waals surface area contributed by atoms with Crippen molar-refractivity contribution in [3.05, 3.63) is 29.3 Å². The fraction of sp³-hybridized carbons (Fsp3) is 0.588. The van der Waals surface area contributed by atoms with Crippen LogP contribution in [0.2, 0.25) is 0 Å². The number of likely N-dealkylation sites (tertiary alicyclic amines) is 1. The molecule has 0 radical (unpaired) electrons. The van der Waals surface area contributed by atoms with Crippen LogP contribution in [-0.2, 0) is 0 Å². The summed E-state index contributed by atoms with van der Waals surface area (Å²) in [5, 5.41) is 6.30. The third-order valence-electron chi connectivity index (χ3n) is 3.95. The molecule has 4 heteroatoms. The van der Waals surface area contributed by atoms with Crippen LogP contribution in [-0.4, -0.2) is 43.5 Å². The monoisotopic (exact) mass is 289 g/mol. The minimum absolute atomic E-state index is 0.0201. The Bertz CT molecular complexity index is 467. The molecule has 1 aromatic rings. The van der Waals surface area contributed by atoms with Gasteiger partial charge in [0.2, 0.25) is 0 Å². The van der Waals surface area contributed by atoms with Gasteiger partial charge in [0.25, 0.3) is 5.91 Å². The van der Waals surface area contributed by atoms with Crippen LogP contribution in [0.4, 0.5) is 5.69 Å². The number of piperidine rings is 1. The van der Waals surface area contributed by atoms with Gasteiger partial charge in [-0.2, -0.15) is 0 Å². The molecule has 0 unspecified atom stereocenters. The Balaban J connectivity index is 1.88. The van der Waals surface area contributed by atoms with E-state index in [9.17, 15) is 4.79 Å². The Morgan fingerprint density at radius 2 is 2.00 bits per heavy atom. The second-order valence-electron chi connectivity index (χ2n) is 5.74. The van der Waals surface area contributed by atoms with Crippen LogP contribution in [0.3, 0.4) is 0 Å². The maximum Gasteiger partial charge on any atom is 0.253 e. The number of nitrogens with zero attached hydrogens (tertiary/aromatic N) is 1. The van der Waals surface area contributed by atoms with E-state index < -0.39 is 0 Å². The van der Waals surface area contributed by atoms with Crippen LogP contribution in [0.5, 0.6) is 0 Å². The van der Waals surface area contributed by atoms with Crippen LogP contribution in [0, 0.1) is 6.92 Å². The second kappa shape index (κ2) is 8.03. The lowest BCUT2D eigenvalue weighted by Crippen LogP contribution is -2.37. The number of anilines is 1. The molecule has 1 aliphatic rings. The lowest BCUT2D eigenvalue weighted by Gasteiger charge is -2.26. The quantitative estimate of drug-likeness (QED) is 0.846. The van der Waals surface area contributed by atoms with Gasteiger partial charge in [0.05, 0.1) is 5.56 Å². The molecule has 0 aromatic heterocycles. The zero-order chi connectivity index (χ0) is 15.1. The highest BCUT2D eigenvalue weighted by molar-refractivity contribution is 5.99. The highest BCUT2D eigenvalue weighted by Gasteiger charge is 2.13. The molecule has 2 N–H and O–H groups in total. The van der Waals surface area contributed by atoms with E-state index in [2.05, 4.69) is 15.5 Å². The lowest BCUT2D eigenvalue weighted by atomic mass is 10.1. The molecular weight excluding hydrogens is 262 g/mol. The summed E-state index contributed by atoms with van der Waals surface area (Å²) in [6.45, 7) is 8.88. The Kier molecular flexibility index (Phi) is 6.05. The van der Waals surface area contributed by atoms with Gasteiger partial charge < -0.3 is 15.5 Å². The average Bonchev–Trinajstić information content (AvgIpc) is 2.50. The summed E-state index contributed by atoms with van der Waals surface area (Å²) in [6.07, 6.45) is 3.92. The molecule has 0 atom stereocenters. The predicted octanol–water partition coefficient (Wildman–Crippen LogP) is 2.64. The summed E-state index contributed by atoms with van der Waals surface area (Å²) in [5.74, 6) is 0.0201. The van der Waals surface area contributed by atoms with E-state index in [1.54, 1.807) is 0 Å². The summed E-state index contributed by atoms with van der Waals surface area (Å²) in [4.78, 5) is 14.8. The van der Waals surface area contributed by atoms with Gasteiger partial charge in [-0.1, -0.05) is 18.1 Å². The second-order valence-corrected chi connectivity index (χ2v) is 5.74. The van der Waals surface area contributed by atoms with E-state index >= 15 is 0 Å². The summed E-state index contributed by atoms with van der Waals surface area (Å²) >= 11 is 0. The Labute approximate surface area is 127 Å². The molecule has 1 amide bonds. The lowest BCUT2D eigenvalue weighted by molar-refractivity contribution is 0.0947. The standard InChI is InChI=1S/C17H27N3O/c1-3-18-16-8-7-14(2)13-15(16)17(21)19-9-12-20-10-5-4-6-11-20/h7-8,13,18H,3-6,9-12H2,1-2H3,(H,19,21). The average molecular weight is 289 g/mol. The van der Waals surface area contributed by atoms with Gasteiger partial charge in [-0.15, -0.1) is 0 Å². The largest absolute Gasteiger partial charge is 0.385 e. The molecule has 0 saturated carbocycles. The molecule has 1 fully saturated rings. The van der Waals surface area contributed by atoms with Gasteiger partial charge in [-0.05, 0) is 51.9 Å². The maximum atomic E-state index is 12.4. The summed E-state index contributed by atoms with van der Waals surface area (Å²) < 4.78 is 0. The zero-order valence-electron chi connectivity index (χ0n) is 13.2. The molecule has 2 rings (SSSR count). The highest BCUT2D eigenvalue weighted by atomic mass is 16.1. The third kappa shape index (κ3) is 4.74. The number of nitrogens with one attached hydrogen (secondary N) is 2. The number of benzene rings is 1. The minimum Gasteiger partial charge on any atom is -0.385 e. The van der Waals surface area contributed by atoms with Crippen molar-refractivity contribution in [3.63, 3.8) is 0 Å². The van der Waals surface area contributed by atoms with E-state index in [0.29, 0.717) is 0 Å². The molecule has 1 aliphatic heterocycles. The van der Waals surface area contributed by atoms with Crippen molar-refractivity contribution < 1.29 is 4.79 Å². The number of hydrogen-bond acceptors (Lipinski definition) is 3. The fourth-order valence-corrected chi connectivity index (χ4v) is 2.80. The third-order valence-corrected chi connectivity index (χ3v) is 3.95. The van der Waals surface area contributed by atoms with E-state index in [4.69, 9.17) is 0 Å². The Morgan fingerprint density at radius 1 is 1.24 bits per heavy atom. The van der Waals surface area contributed by atoms with Crippen molar-refractivity contribution in [1.29, 1.82) is 0 Å². The molecule has 1 heterocycles. The number of carbonyl (C=O) groups excluding carboxylic acids is 1. The number of carbonyl (C=O) groups is 1. The van der Waals surface area contributed by atoms with Crippen LogP contribution in [0.15, 0.2) is 18.2 Å². The number of aryl methyl sites for hydroxylation is 1. The molecule has 0 aliphatic carbocycles. The molecular formula is C17H27N3O. The smallest absolute Gasteiger partial charge is 0.253 e. The molecule has 1 saturated heterocycles. The Hall–Kier alpha value is -1.55. The predicted molar refractivity (Wildman–Crippen MR) is 88.0 cm³/mol. The number of amides is 1. The molecule has 1 aromatic carbocycles. The van der Waals surface area contributed by atoms with Crippen molar-refractivity contribution in [3.8, 4) is 0 Å². The summed E-state index contributed by atoms with van der Waals surface area (Å²) in [5.41, 5.74) is 2.77. The van der Waals surface area contributed by atoms with Crippen molar-refractivity contribution >= 4 is 11.6 Å². The normalized spacial score (nSPS) is 15.7. The van der Waals surface area contributed by atoms with Crippen LogP contribution in [0.1, 0.15) is 42.1 Å². The first-order valence-electron chi connectivity index (χ1n) is 8.06. The van der Waals surface area contributed by atoms with Gasteiger partial charge in [-0.3, -0.25) is 4.79 Å². The van der Waals surface area contributed by atoms with E-state index in [1.807, 2.05) is 32.0 Å². The first-order valence-corrected chi connectivity index (χ1v) is 8.06. The van der Waals surface area contributed by atoms with Crippen molar-refractivity contribution in [1.82, 2.24) is 10.2 Å². The topological polar surface area (TPSA) is 44.4 Å². The minimum atomic E-state index is 0.0201. The summed E-state index contributed by atoms with van der Waals surface area (Å²) in [6, 6.07) is 5.97. The van der Waals surface area contributed by atoms with Gasteiger partial charge in [0.1, 0.15) is 0 Å². The molecule has 116 valence electrons. The summed E-state index contributed by atoms with van der Waals surface area (Å²) in [7, 11) is 0. The Morgan fingerprint density at radius 3 is 2.71 bits per heavy atom. The SMILES string of the molecule is CCNc1ccc(C)cc1C(=O)NCCN1CCCCC1. The van der Waals surface area contributed by atoms with Gasteiger partial charge in [-0.25, -0.2) is 0 Å². The molecule has 21 heavy (non-hydrogen) atoms.